The Kier molecular flexibility index (Phi) is 7.13. The van der Waals surface area contributed by atoms with Gasteiger partial charge in [-0.15, -0.1) is 5.10 Å². The summed E-state index contributed by atoms with van der Waals surface area (Å²) in [6, 6.07) is 10.8. The summed E-state index contributed by atoms with van der Waals surface area (Å²) >= 11 is 1.70. The fraction of sp³-hybridized carbons (Fsp3) is 0.560. The Labute approximate surface area is 201 Å². The zero-order valence-electron chi connectivity index (χ0n) is 19.8. The zero-order chi connectivity index (χ0) is 22.6. The largest absolute Gasteiger partial charge is 0.368 e. The number of aryl methyl sites for hydroxylation is 1. The van der Waals surface area contributed by atoms with Gasteiger partial charge in [-0.2, -0.15) is 9.50 Å². The third kappa shape index (κ3) is 5.50. The van der Waals surface area contributed by atoms with Gasteiger partial charge >= 0.3 is 0 Å². The Morgan fingerprint density at radius 3 is 2.52 bits per heavy atom. The Bertz CT molecular complexity index is 1060. The maximum absolute atomic E-state index is 4.87. The molecule has 1 aliphatic heterocycles. The van der Waals surface area contributed by atoms with E-state index < -0.39 is 0 Å². The van der Waals surface area contributed by atoms with Gasteiger partial charge in [-0.1, -0.05) is 55.9 Å². The van der Waals surface area contributed by atoms with Crippen molar-refractivity contribution in [3.8, 4) is 0 Å². The molecule has 3 aromatic rings. The summed E-state index contributed by atoms with van der Waals surface area (Å²) in [4.78, 5) is 14.7. The molecule has 33 heavy (non-hydrogen) atoms. The fourth-order valence-electron chi connectivity index (χ4n) is 4.81. The minimum absolute atomic E-state index is 0.453. The molecule has 0 atom stereocenters. The van der Waals surface area contributed by atoms with Crippen LogP contribution in [0, 0.1) is 0 Å². The van der Waals surface area contributed by atoms with Crippen molar-refractivity contribution in [2.75, 3.05) is 44.6 Å². The number of piperazine rings is 1. The number of fused-ring (bicyclic) bond motifs is 2. The zero-order valence-corrected chi connectivity index (χ0v) is 20.7. The third-order valence-corrected chi connectivity index (χ3v) is 7.37. The number of hydrogen-bond donors (Lipinski definition) is 1. The standard InChI is InChI=1S/C25H35N7S/c1-19(2)33-25-28-24-27-22-11-7-6-10-21(22)23(32(24)29-25)26-12-13-30-14-16-31(17-15-30)18-20-8-4-3-5-9-20/h3-5,8-9,19,26H,6-7,10-18H2,1-2H3. The molecule has 0 saturated carbocycles. The number of nitrogens with zero attached hydrogens (tertiary/aromatic N) is 6. The molecule has 3 heterocycles. The van der Waals surface area contributed by atoms with Crippen LogP contribution in [0.1, 0.15) is 43.5 Å². The van der Waals surface area contributed by atoms with Crippen LogP contribution in [0.3, 0.4) is 0 Å². The molecule has 0 bridgehead atoms. The maximum atomic E-state index is 4.87. The van der Waals surface area contributed by atoms with Crippen LogP contribution in [0.2, 0.25) is 0 Å². The Balaban J connectivity index is 1.21. The Hall–Kier alpha value is -2.16. The van der Waals surface area contributed by atoms with E-state index in [-0.39, 0.29) is 0 Å². The molecule has 176 valence electrons. The second-order valence-electron chi connectivity index (χ2n) is 9.40. The minimum Gasteiger partial charge on any atom is -0.368 e. The summed E-state index contributed by atoms with van der Waals surface area (Å²) in [5.74, 6) is 1.84. The molecule has 0 radical (unpaired) electrons. The van der Waals surface area contributed by atoms with Gasteiger partial charge in [0.15, 0.2) is 0 Å². The topological polar surface area (TPSA) is 61.6 Å². The highest BCUT2D eigenvalue weighted by molar-refractivity contribution is 7.99. The SMILES string of the molecule is CC(C)Sc1nc2nc3c(c(NCCN4CCN(Cc5ccccc5)CC4)n2n1)CCCC3. The second kappa shape index (κ2) is 10.4. The lowest BCUT2D eigenvalue weighted by Gasteiger charge is -2.34. The average molecular weight is 466 g/mol. The number of rotatable bonds is 8. The van der Waals surface area contributed by atoms with Gasteiger partial charge in [-0.05, 0) is 31.2 Å². The fourth-order valence-corrected chi connectivity index (χ4v) is 5.50. The molecule has 1 aliphatic carbocycles. The summed E-state index contributed by atoms with van der Waals surface area (Å²) in [6.07, 6.45) is 4.56. The van der Waals surface area contributed by atoms with E-state index in [1.807, 2.05) is 4.52 Å². The van der Waals surface area contributed by atoms with Gasteiger partial charge in [0, 0.05) is 56.6 Å². The van der Waals surface area contributed by atoms with Crippen LogP contribution in [0.5, 0.6) is 0 Å². The van der Waals surface area contributed by atoms with Gasteiger partial charge in [-0.25, -0.2) is 4.98 Å². The molecular weight excluding hydrogens is 430 g/mol. The Morgan fingerprint density at radius 1 is 0.970 bits per heavy atom. The van der Waals surface area contributed by atoms with Gasteiger partial charge in [0.2, 0.25) is 5.16 Å². The molecule has 1 N–H and O–H groups in total. The van der Waals surface area contributed by atoms with Gasteiger partial charge in [0.1, 0.15) is 5.82 Å². The van der Waals surface area contributed by atoms with Gasteiger partial charge in [0.25, 0.3) is 5.78 Å². The summed E-state index contributed by atoms with van der Waals surface area (Å²) in [7, 11) is 0. The lowest BCUT2D eigenvalue weighted by Crippen LogP contribution is -2.47. The van der Waals surface area contributed by atoms with Crippen LogP contribution >= 0.6 is 11.8 Å². The van der Waals surface area contributed by atoms with E-state index in [9.17, 15) is 0 Å². The van der Waals surface area contributed by atoms with Crippen LogP contribution in [0.25, 0.3) is 5.78 Å². The lowest BCUT2D eigenvalue weighted by molar-refractivity contribution is 0.130. The highest BCUT2D eigenvalue weighted by atomic mass is 32.2. The van der Waals surface area contributed by atoms with Crippen LogP contribution in [-0.2, 0) is 19.4 Å². The maximum Gasteiger partial charge on any atom is 0.255 e. The van der Waals surface area contributed by atoms with Crippen LogP contribution < -0.4 is 5.32 Å². The molecule has 2 aromatic heterocycles. The van der Waals surface area contributed by atoms with Crippen molar-refractivity contribution in [2.45, 2.75) is 56.5 Å². The molecule has 8 heteroatoms. The Morgan fingerprint density at radius 2 is 1.73 bits per heavy atom. The van der Waals surface area contributed by atoms with Crippen molar-refractivity contribution in [1.29, 1.82) is 0 Å². The van der Waals surface area contributed by atoms with E-state index in [1.54, 1.807) is 11.8 Å². The average Bonchev–Trinajstić information content (AvgIpc) is 3.21. The second-order valence-corrected chi connectivity index (χ2v) is 10.9. The highest BCUT2D eigenvalue weighted by Crippen LogP contribution is 2.29. The van der Waals surface area contributed by atoms with Crippen molar-refractivity contribution in [1.82, 2.24) is 29.4 Å². The van der Waals surface area contributed by atoms with E-state index >= 15 is 0 Å². The van der Waals surface area contributed by atoms with Crippen LogP contribution in [-0.4, -0.2) is 73.9 Å². The monoisotopic (exact) mass is 465 g/mol. The highest BCUT2D eigenvalue weighted by Gasteiger charge is 2.22. The molecule has 0 unspecified atom stereocenters. The number of anilines is 1. The summed E-state index contributed by atoms with van der Waals surface area (Å²) in [6.45, 7) is 11.9. The first kappa shape index (κ1) is 22.6. The molecule has 7 nitrogen and oxygen atoms in total. The van der Waals surface area contributed by atoms with E-state index in [4.69, 9.17) is 15.1 Å². The van der Waals surface area contributed by atoms with Crippen molar-refractivity contribution in [3.05, 3.63) is 47.2 Å². The summed E-state index contributed by atoms with van der Waals surface area (Å²) in [5, 5.41) is 9.81. The number of hydrogen-bond acceptors (Lipinski definition) is 7. The van der Waals surface area contributed by atoms with Crippen LogP contribution in [0.4, 0.5) is 5.82 Å². The normalized spacial score (nSPS) is 17.5. The first-order valence-electron chi connectivity index (χ1n) is 12.3. The van der Waals surface area contributed by atoms with Gasteiger partial charge < -0.3 is 5.32 Å². The van der Waals surface area contributed by atoms with Crippen molar-refractivity contribution < 1.29 is 0 Å². The number of thioether (sulfide) groups is 1. The first-order valence-corrected chi connectivity index (χ1v) is 13.2. The number of nitrogens with one attached hydrogen (secondary N) is 1. The molecular formula is C25H35N7S. The smallest absolute Gasteiger partial charge is 0.255 e. The molecule has 0 spiro atoms. The van der Waals surface area contributed by atoms with E-state index in [2.05, 4.69) is 59.3 Å². The molecule has 5 rings (SSSR count). The van der Waals surface area contributed by atoms with Crippen molar-refractivity contribution in [2.24, 2.45) is 0 Å². The predicted octanol–water partition coefficient (Wildman–Crippen LogP) is 3.73. The van der Waals surface area contributed by atoms with Crippen molar-refractivity contribution in [3.63, 3.8) is 0 Å². The van der Waals surface area contributed by atoms with E-state index in [0.717, 1.165) is 75.4 Å². The number of aromatic nitrogens is 4. The molecule has 1 saturated heterocycles. The summed E-state index contributed by atoms with van der Waals surface area (Å²) < 4.78 is 1.95. The number of benzene rings is 1. The third-order valence-electron chi connectivity index (χ3n) is 6.52. The predicted molar refractivity (Wildman–Crippen MR) is 135 cm³/mol. The van der Waals surface area contributed by atoms with Gasteiger partial charge in [0.05, 0.1) is 5.69 Å². The molecule has 0 amide bonds. The van der Waals surface area contributed by atoms with Crippen LogP contribution in [0.15, 0.2) is 35.5 Å². The minimum atomic E-state index is 0.453. The lowest BCUT2D eigenvalue weighted by atomic mass is 9.96. The van der Waals surface area contributed by atoms with E-state index in [1.165, 1.54) is 29.7 Å². The molecule has 1 aromatic carbocycles. The van der Waals surface area contributed by atoms with Gasteiger partial charge in [-0.3, -0.25) is 9.80 Å². The van der Waals surface area contributed by atoms with E-state index in [0.29, 0.717) is 5.25 Å². The molecule has 2 aliphatic rings. The van der Waals surface area contributed by atoms with Crippen molar-refractivity contribution >= 4 is 23.4 Å². The quantitative estimate of drug-likeness (QED) is 0.509. The summed E-state index contributed by atoms with van der Waals surface area (Å²) in [5.41, 5.74) is 3.95. The molecule has 1 fully saturated rings. The first-order chi connectivity index (χ1) is 16.2.